The van der Waals surface area contributed by atoms with Gasteiger partial charge in [-0.15, -0.1) is 0 Å². The van der Waals surface area contributed by atoms with E-state index < -0.39 is 0 Å². The Hall–Kier alpha value is -1.38. The van der Waals surface area contributed by atoms with Crippen molar-refractivity contribution >= 4 is 11.6 Å². The van der Waals surface area contributed by atoms with E-state index >= 15 is 0 Å². The fourth-order valence-electron chi connectivity index (χ4n) is 2.01. The summed E-state index contributed by atoms with van der Waals surface area (Å²) in [6.07, 6.45) is 0.717. The first-order chi connectivity index (χ1) is 8.70. The SMILES string of the molecule is NCC(Cc1ccc(Cl)c(F)c1)c1ccccc1. The molecule has 0 radical (unpaired) electrons. The number of benzene rings is 2. The molecule has 3 heteroatoms. The zero-order valence-corrected chi connectivity index (χ0v) is 10.7. The monoisotopic (exact) mass is 263 g/mol. The smallest absolute Gasteiger partial charge is 0.142 e. The van der Waals surface area contributed by atoms with Crippen LogP contribution < -0.4 is 5.73 Å². The van der Waals surface area contributed by atoms with Crippen LogP contribution in [-0.4, -0.2) is 6.54 Å². The van der Waals surface area contributed by atoms with Crippen molar-refractivity contribution in [2.75, 3.05) is 6.54 Å². The van der Waals surface area contributed by atoms with E-state index in [1.54, 1.807) is 6.07 Å². The minimum atomic E-state index is -0.377. The Morgan fingerprint density at radius 1 is 1.11 bits per heavy atom. The fourth-order valence-corrected chi connectivity index (χ4v) is 2.13. The lowest BCUT2D eigenvalue weighted by Crippen LogP contribution is -2.15. The molecule has 0 heterocycles. The standard InChI is InChI=1S/C15H15ClFN/c16-14-7-6-11(9-15(14)17)8-13(10-18)12-4-2-1-3-5-12/h1-7,9,13H,8,10,18H2. The second-order valence-corrected chi connectivity index (χ2v) is 4.70. The molecule has 0 amide bonds. The van der Waals surface area contributed by atoms with Gasteiger partial charge in [-0.2, -0.15) is 0 Å². The van der Waals surface area contributed by atoms with Crippen molar-refractivity contribution in [2.24, 2.45) is 5.73 Å². The number of hydrogen-bond donors (Lipinski definition) is 1. The summed E-state index contributed by atoms with van der Waals surface area (Å²) in [5, 5.41) is 0.155. The summed E-state index contributed by atoms with van der Waals surface area (Å²) in [6.45, 7) is 0.536. The van der Waals surface area contributed by atoms with Crippen LogP contribution in [-0.2, 0) is 6.42 Å². The highest BCUT2D eigenvalue weighted by molar-refractivity contribution is 6.30. The largest absolute Gasteiger partial charge is 0.330 e. The highest BCUT2D eigenvalue weighted by Gasteiger charge is 2.11. The van der Waals surface area contributed by atoms with Gasteiger partial charge in [-0.25, -0.2) is 4.39 Å². The summed E-state index contributed by atoms with van der Waals surface area (Å²) in [4.78, 5) is 0. The molecular weight excluding hydrogens is 249 g/mol. The summed E-state index contributed by atoms with van der Waals surface area (Å²) in [5.41, 5.74) is 7.89. The summed E-state index contributed by atoms with van der Waals surface area (Å²) in [7, 11) is 0. The first-order valence-electron chi connectivity index (χ1n) is 5.89. The molecule has 2 aromatic carbocycles. The Kier molecular flexibility index (Phi) is 4.34. The topological polar surface area (TPSA) is 26.0 Å². The molecule has 0 saturated carbocycles. The van der Waals surface area contributed by atoms with E-state index in [2.05, 4.69) is 0 Å². The maximum Gasteiger partial charge on any atom is 0.142 e. The van der Waals surface area contributed by atoms with E-state index in [0.717, 1.165) is 5.56 Å². The van der Waals surface area contributed by atoms with Crippen LogP contribution in [0.5, 0.6) is 0 Å². The quantitative estimate of drug-likeness (QED) is 0.893. The zero-order chi connectivity index (χ0) is 13.0. The van der Waals surface area contributed by atoms with Crippen LogP contribution in [0.3, 0.4) is 0 Å². The Morgan fingerprint density at radius 2 is 1.83 bits per heavy atom. The highest BCUT2D eigenvalue weighted by Crippen LogP contribution is 2.22. The Labute approximate surface area is 111 Å². The molecule has 0 aliphatic carbocycles. The highest BCUT2D eigenvalue weighted by atomic mass is 35.5. The predicted octanol–water partition coefficient (Wildman–Crippen LogP) is 3.76. The van der Waals surface area contributed by atoms with Gasteiger partial charge < -0.3 is 5.73 Å². The Balaban J connectivity index is 2.18. The molecule has 0 bridgehead atoms. The van der Waals surface area contributed by atoms with Gasteiger partial charge in [0, 0.05) is 5.92 Å². The van der Waals surface area contributed by atoms with E-state index in [1.807, 2.05) is 36.4 Å². The van der Waals surface area contributed by atoms with E-state index in [4.69, 9.17) is 17.3 Å². The van der Waals surface area contributed by atoms with Gasteiger partial charge in [0.1, 0.15) is 5.82 Å². The lowest BCUT2D eigenvalue weighted by Gasteiger charge is -2.15. The Morgan fingerprint density at radius 3 is 2.44 bits per heavy atom. The molecule has 0 saturated heterocycles. The second-order valence-electron chi connectivity index (χ2n) is 4.30. The van der Waals surface area contributed by atoms with Gasteiger partial charge in [0.25, 0.3) is 0 Å². The van der Waals surface area contributed by atoms with Crippen LogP contribution in [0.15, 0.2) is 48.5 Å². The molecule has 2 N–H and O–H groups in total. The third-order valence-corrected chi connectivity index (χ3v) is 3.33. The van der Waals surface area contributed by atoms with Gasteiger partial charge in [0.15, 0.2) is 0 Å². The molecule has 94 valence electrons. The van der Waals surface area contributed by atoms with E-state index in [1.165, 1.54) is 11.6 Å². The summed E-state index contributed by atoms with van der Waals surface area (Å²) in [6, 6.07) is 14.9. The predicted molar refractivity (Wildman–Crippen MR) is 73.4 cm³/mol. The molecule has 0 spiro atoms. The molecule has 0 aliphatic heterocycles. The lowest BCUT2D eigenvalue weighted by molar-refractivity contribution is 0.621. The van der Waals surface area contributed by atoms with Gasteiger partial charge in [-0.05, 0) is 36.2 Å². The molecule has 0 aromatic heterocycles. The van der Waals surface area contributed by atoms with Crippen LogP contribution >= 0.6 is 11.6 Å². The summed E-state index contributed by atoms with van der Waals surface area (Å²) >= 11 is 5.67. The molecule has 1 atom stereocenters. The second kappa shape index (κ2) is 5.98. The maximum absolute atomic E-state index is 13.4. The van der Waals surface area contributed by atoms with E-state index in [0.29, 0.717) is 13.0 Å². The van der Waals surface area contributed by atoms with Gasteiger partial charge in [0.05, 0.1) is 5.02 Å². The molecule has 0 aliphatic rings. The maximum atomic E-state index is 13.4. The number of halogens is 2. The van der Waals surface area contributed by atoms with Gasteiger partial charge in [0.2, 0.25) is 0 Å². The van der Waals surface area contributed by atoms with E-state index in [9.17, 15) is 4.39 Å². The normalized spacial score (nSPS) is 12.4. The molecule has 1 unspecified atom stereocenters. The minimum absolute atomic E-state index is 0.155. The molecular formula is C15H15ClFN. The Bertz CT molecular complexity index is 513. The average Bonchev–Trinajstić information content (AvgIpc) is 2.41. The third kappa shape index (κ3) is 3.09. The molecule has 2 aromatic rings. The first kappa shape index (κ1) is 13.1. The zero-order valence-electron chi connectivity index (χ0n) is 9.94. The van der Waals surface area contributed by atoms with Crippen LogP contribution in [0.2, 0.25) is 5.02 Å². The van der Waals surface area contributed by atoms with Crippen LogP contribution in [0.4, 0.5) is 4.39 Å². The van der Waals surface area contributed by atoms with Crippen molar-refractivity contribution in [3.8, 4) is 0 Å². The van der Waals surface area contributed by atoms with Crippen LogP contribution in [0.25, 0.3) is 0 Å². The minimum Gasteiger partial charge on any atom is -0.330 e. The summed E-state index contributed by atoms with van der Waals surface area (Å²) < 4.78 is 13.4. The first-order valence-corrected chi connectivity index (χ1v) is 6.27. The third-order valence-electron chi connectivity index (χ3n) is 3.02. The molecule has 1 nitrogen and oxygen atoms in total. The van der Waals surface area contributed by atoms with Gasteiger partial charge >= 0.3 is 0 Å². The van der Waals surface area contributed by atoms with Crippen molar-refractivity contribution in [1.29, 1.82) is 0 Å². The molecule has 18 heavy (non-hydrogen) atoms. The molecule has 2 rings (SSSR count). The lowest BCUT2D eigenvalue weighted by atomic mass is 9.92. The number of rotatable bonds is 4. The van der Waals surface area contributed by atoms with Crippen LogP contribution in [0, 0.1) is 5.82 Å². The van der Waals surface area contributed by atoms with Crippen molar-refractivity contribution in [3.63, 3.8) is 0 Å². The van der Waals surface area contributed by atoms with Crippen molar-refractivity contribution in [1.82, 2.24) is 0 Å². The average molecular weight is 264 g/mol. The fraction of sp³-hybridized carbons (Fsp3) is 0.200. The van der Waals surface area contributed by atoms with Crippen molar-refractivity contribution in [3.05, 3.63) is 70.5 Å². The number of hydrogen-bond acceptors (Lipinski definition) is 1. The summed E-state index contributed by atoms with van der Waals surface area (Å²) in [5.74, 6) is -0.176. The van der Waals surface area contributed by atoms with Crippen molar-refractivity contribution in [2.45, 2.75) is 12.3 Å². The molecule has 0 fully saturated rings. The van der Waals surface area contributed by atoms with Gasteiger partial charge in [-0.3, -0.25) is 0 Å². The van der Waals surface area contributed by atoms with E-state index in [-0.39, 0.29) is 16.8 Å². The number of nitrogens with two attached hydrogens (primary N) is 1. The van der Waals surface area contributed by atoms with Crippen LogP contribution in [0.1, 0.15) is 17.0 Å². The van der Waals surface area contributed by atoms with Crippen molar-refractivity contribution < 1.29 is 4.39 Å². The van der Waals surface area contributed by atoms with Gasteiger partial charge in [-0.1, -0.05) is 48.0 Å².